The van der Waals surface area contributed by atoms with Gasteiger partial charge in [0.05, 0.1) is 21.3 Å². The monoisotopic (exact) mass is 419 g/mol. The molecule has 0 radical (unpaired) electrons. The van der Waals surface area contributed by atoms with Crippen LogP contribution in [-0.2, 0) is 6.54 Å². The van der Waals surface area contributed by atoms with Crippen molar-refractivity contribution in [1.29, 1.82) is 0 Å². The van der Waals surface area contributed by atoms with Crippen molar-refractivity contribution in [2.45, 2.75) is 13.5 Å². The van der Waals surface area contributed by atoms with Crippen LogP contribution < -0.4 is 10.5 Å². The van der Waals surface area contributed by atoms with Crippen molar-refractivity contribution < 1.29 is 4.92 Å². The first-order valence-corrected chi connectivity index (χ1v) is 10.1. The molecule has 2 aromatic heterocycles. The summed E-state index contributed by atoms with van der Waals surface area (Å²) in [4.78, 5) is 32.4. The average Bonchev–Trinajstić information content (AvgIpc) is 3.11. The van der Waals surface area contributed by atoms with Crippen molar-refractivity contribution in [2.75, 3.05) is 31.1 Å². The van der Waals surface area contributed by atoms with Gasteiger partial charge in [0.25, 0.3) is 11.2 Å². The molecule has 0 N–H and O–H groups in total. The van der Waals surface area contributed by atoms with E-state index in [1.54, 1.807) is 22.7 Å². The highest BCUT2D eigenvalue weighted by Gasteiger charge is 2.23. The predicted octanol–water partition coefficient (Wildman–Crippen LogP) is 2.95. The normalized spacial score (nSPS) is 15.3. The molecule has 1 aliphatic rings. The highest BCUT2D eigenvalue weighted by Crippen LogP contribution is 2.34. The van der Waals surface area contributed by atoms with Crippen molar-refractivity contribution in [3.05, 3.63) is 66.5 Å². The number of nitro groups is 1. The van der Waals surface area contributed by atoms with Gasteiger partial charge in [-0.15, -0.1) is 11.3 Å². The zero-order chi connectivity index (χ0) is 19.8. The molecule has 8 nitrogen and oxygen atoms in total. The molecule has 3 heterocycles. The van der Waals surface area contributed by atoms with Crippen molar-refractivity contribution in [2.24, 2.45) is 0 Å². The molecular weight excluding hydrogens is 402 g/mol. The Morgan fingerprint density at radius 1 is 1.25 bits per heavy atom. The molecule has 0 saturated carbocycles. The molecule has 1 aliphatic heterocycles. The van der Waals surface area contributed by atoms with Gasteiger partial charge >= 0.3 is 0 Å². The maximum Gasteiger partial charge on any atom is 0.271 e. The third-order valence-electron chi connectivity index (χ3n) is 4.88. The Morgan fingerprint density at radius 2 is 2.00 bits per heavy atom. The van der Waals surface area contributed by atoms with Crippen LogP contribution in [0.25, 0.3) is 4.96 Å². The second kappa shape index (κ2) is 7.50. The lowest BCUT2D eigenvalue weighted by Gasteiger charge is -2.37. The molecule has 28 heavy (non-hydrogen) atoms. The molecule has 0 aliphatic carbocycles. The van der Waals surface area contributed by atoms with E-state index in [0.29, 0.717) is 16.5 Å². The molecule has 0 amide bonds. The maximum atomic E-state index is 12.1. The van der Waals surface area contributed by atoms with Crippen LogP contribution >= 0.6 is 22.9 Å². The van der Waals surface area contributed by atoms with E-state index < -0.39 is 4.92 Å². The van der Waals surface area contributed by atoms with E-state index in [0.717, 1.165) is 43.1 Å². The molecule has 10 heteroatoms. The number of nitrogens with zero attached hydrogens (tertiary/aromatic N) is 5. The summed E-state index contributed by atoms with van der Waals surface area (Å²) in [6, 6.07) is 4.55. The van der Waals surface area contributed by atoms with Crippen LogP contribution in [0.5, 0.6) is 0 Å². The molecule has 0 atom stereocenters. The summed E-state index contributed by atoms with van der Waals surface area (Å²) in [7, 11) is 0. The molecular formula is C18H18ClN5O3S. The summed E-state index contributed by atoms with van der Waals surface area (Å²) < 4.78 is 1.55. The van der Waals surface area contributed by atoms with Gasteiger partial charge < -0.3 is 4.90 Å². The van der Waals surface area contributed by atoms with E-state index in [1.807, 2.05) is 12.3 Å². The van der Waals surface area contributed by atoms with Crippen LogP contribution in [-0.4, -0.2) is 45.4 Å². The van der Waals surface area contributed by atoms with E-state index >= 15 is 0 Å². The third kappa shape index (κ3) is 3.60. The van der Waals surface area contributed by atoms with Gasteiger partial charge in [-0.3, -0.25) is 24.2 Å². The summed E-state index contributed by atoms with van der Waals surface area (Å²) in [5.74, 6) is 0. The van der Waals surface area contributed by atoms with Crippen molar-refractivity contribution in [3.8, 4) is 0 Å². The minimum atomic E-state index is -0.430. The lowest BCUT2D eigenvalue weighted by molar-refractivity contribution is -0.384. The van der Waals surface area contributed by atoms with E-state index in [9.17, 15) is 14.9 Å². The van der Waals surface area contributed by atoms with Crippen LogP contribution in [0.4, 0.5) is 11.4 Å². The summed E-state index contributed by atoms with van der Waals surface area (Å²) in [5.41, 5.74) is 2.36. The van der Waals surface area contributed by atoms with Crippen LogP contribution in [0.15, 0.2) is 34.6 Å². The molecule has 146 valence electrons. The lowest BCUT2D eigenvalue weighted by atomic mass is 10.1. The Kier molecular flexibility index (Phi) is 5.05. The Bertz CT molecular complexity index is 1080. The van der Waals surface area contributed by atoms with Gasteiger partial charge in [0.1, 0.15) is 0 Å². The summed E-state index contributed by atoms with van der Waals surface area (Å²) in [5, 5.41) is 13.2. The lowest BCUT2D eigenvalue weighted by Crippen LogP contribution is -2.46. The number of aryl methyl sites for hydroxylation is 1. The first-order valence-electron chi connectivity index (χ1n) is 8.80. The molecule has 4 rings (SSSR count). The molecule has 1 aromatic carbocycles. The predicted molar refractivity (Wildman–Crippen MR) is 110 cm³/mol. The van der Waals surface area contributed by atoms with Gasteiger partial charge in [0.2, 0.25) is 0 Å². The first kappa shape index (κ1) is 18.9. The van der Waals surface area contributed by atoms with E-state index in [-0.39, 0.29) is 11.2 Å². The van der Waals surface area contributed by atoms with Gasteiger partial charge in [-0.05, 0) is 12.5 Å². The topological polar surface area (TPSA) is 84.0 Å². The minimum absolute atomic E-state index is 0.00576. The summed E-state index contributed by atoms with van der Waals surface area (Å²) in [6.07, 6.45) is 1.73. The fraction of sp³-hybridized carbons (Fsp3) is 0.333. The molecule has 3 aromatic rings. The number of nitro benzene ring substituents is 1. The number of benzene rings is 1. The van der Waals surface area contributed by atoms with E-state index in [4.69, 9.17) is 11.6 Å². The van der Waals surface area contributed by atoms with Gasteiger partial charge in [-0.25, -0.2) is 4.98 Å². The van der Waals surface area contributed by atoms with Crippen molar-refractivity contribution >= 4 is 39.3 Å². The molecule has 1 saturated heterocycles. The fourth-order valence-corrected chi connectivity index (χ4v) is 4.67. The van der Waals surface area contributed by atoms with Crippen molar-refractivity contribution in [3.63, 3.8) is 0 Å². The Hall–Kier alpha value is -2.49. The summed E-state index contributed by atoms with van der Waals surface area (Å²) >= 11 is 7.78. The standard InChI is InChI=1S/C18H18ClN5O3S/c1-12-8-14(24(26)27)10-15(19)17(12)22-4-2-21(3-5-22)11-13-9-16(25)23-6-7-28-18(23)20-13/h6-10H,2-5,11H2,1H3. The van der Waals surface area contributed by atoms with Crippen LogP contribution in [0.1, 0.15) is 11.3 Å². The zero-order valence-electron chi connectivity index (χ0n) is 15.2. The van der Waals surface area contributed by atoms with Gasteiger partial charge in [-0.1, -0.05) is 11.6 Å². The van der Waals surface area contributed by atoms with Crippen LogP contribution in [0.3, 0.4) is 0 Å². The smallest absolute Gasteiger partial charge is 0.271 e. The number of non-ortho nitro benzene ring substituents is 1. The van der Waals surface area contributed by atoms with Gasteiger partial charge in [-0.2, -0.15) is 0 Å². The van der Waals surface area contributed by atoms with Gasteiger partial charge in [0, 0.05) is 62.5 Å². The van der Waals surface area contributed by atoms with Crippen LogP contribution in [0.2, 0.25) is 5.02 Å². The number of hydrogen-bond donors (Lipinski definition) is 0. The molecule has 0 spiro atoms. The largest absolute Gasteiger partial charge is 0.368 e. The quantitative estimate of drug-likeness (QED) is 0.477. The van der Waals surface area contributed by atoms with E-state index in [2.05, 4.69) is 14.8 Å². The van der Waals surface area contributed by atoms with E-state index in [1.165, 1.54) is 17.4 Å². The average molecular weight is 420 g/mol. The zero-order valence-corrected chi connectivity index (χ0v) is 16.7. The summed E-state index contributed by atoms with van der Waals surface area (Å²) in [6.45, 7) is 5.53. The number of thiazole rings is 1. The maximum absolute atomic E-state index is 12.1. The second-order valence-corrected chi connectivity index (χ2v) is 8.03. The third-order valence-corrected chi connectivity index (χ3v) is 5.92. The SMILES string of the molecule is Cc1cc([N+](=O)[O-])cc(Cl)c1N1CCN(Cc2cc(=O)n3ccsc3n2)CC1. The number of halogens is 1. The fourth-order valence-electron chi connectivity index (χ4n) is 3.55. The highest BCUT2D eigenvalue weighted by atomic mass is 35.5. The number of fused-ring (bicyclic) bond motifs is 1. The molecule has 0 unspecified atom stereocenters. The highest BCUT2D eigenvalue weighted by molar-refractivity contribution is 7.15. The number of aromatic nitrogens is 2. The second-order valence-electron chi connectivity index (χ2n) is 6.75. The van der Waals surface area contributed by atoms with Crippen LogP contribution in [0, 0.1) is 17.0 Å². The molecule has 0 bridgehead atoms. The number of piperazine rings is 1. The number of hydrogen-bond acceptors (Lipinski definition) is 7. The Labute approximate surface area is 169 Å². The first-order chi connectivity index (χ1) is 13.4. The Morgan fingerprint density at radius 3 is 2.68 bits per heavy atom. The van der Waals surface area contributed by atoms with Crippen molar-refractivity contribution in [1.82, 2.24) is 14.3 Å². The Balaban J connectivity index is 1.46. The number of rotatable bonds is 4. The van der Waals surface area contributed by atoms with Gasteiger partial charge in [0.15, 0.2) is 4.96 Å². The molecule has 1 fully saturated rings. The minimum Gasteiger partial charge on any atom is -0.368 e. The number of anilines is 1.